The number of nitrogens with zero attached hydrogens (tertiary/aromatic N) is 1. The van der Waals surface area contributed by atoms with Gasteiger partial charge in [0.15, 0.2) is 0 Å². The second-order valence-electron chi connectivity index (χ2n) is 8.03. The summed E-state index contributed by atoms with van der Waals surface area (Å²) in [7, 11) is 0. The lowest BCUT2D eigenvalue weighted by atomic mass is 9.93. The number of carbonyl (C=O) groups is 1. The molecule has 0 aromatic rings. The molecule has 0 rings (SSSR count). The molecule has 0 saturated heterocycles. The van der Waals surface area contributed by atoms with Crippen LogP contribution >= 0.6 is 0 Å². The maximum Gasteiger partial charge on any atom is 0.225 e. The van der Waals surface area contributed by atoms with Gasteiger partial charge in [0.25, 0.3) is 0 Å². The van der Waals surface area contributed by atoms with Gasteiger partial charge in [-0.1, -0.05) is 104 Å². The summed E-state index contributed by atoms with van der Waals surface area (Å²) in [5, 5.41) is 0. The Morgan fingerprint density at radius 3 is 1.31 bits per heavy atom. The number of carbonyl (C=O) groups excluding carboxylic acids is 1. The van der Waals surface area contributed by atoms with Crippen molar-refractivity contribution in [2.45, 2.75) is 130 Å². The number of hydrogen-bond acceptors (Lipinski definition) is 1. The lowest BCUT2D eigenvalue weighted by molar-refractivity contribution is -0.135. The molecule has 0 radical (unpaired) electrons. The minimum atomic E-state index is 0.279. The van der Waals surface area contributed by atoms with Crippen LogP contribution < -0.4 is 0 Å². The van der Waals surface area contributed by atoms with Gasteiger partial charge in [-0.25, -0.2) is 0 Å². The number of hydrogen-bond donors (Lipinski definition) is 0. The van der Waals surface area contributed by atoms with E-state index in [1.165, 1.54) is 89.9 Å². The van der Waals surface area contributed by atoms with Crippen LogP contribution in [-0.2, 0) is 4.79 Å². The summed E-state index contributed by atoms with van der Waals surface area (Å²) < 4.78 is 0. The summed E-state index contributed by atoms with van der Waals surface area (Å²) in [5.74, 6) is 0.697. The molecular formula is C24H49NO. The van der Waals surface area contributed by atoms with E-state index in [1.54, 1.807) is 0 Å². The molecule has 0 aliphatic heterocycles. The van der Waals surface area contributed by atoms with Crippen LogP contribution in [0.3, 0.4) is 0 Å². The van der Waals surface area contributed by atoms with Gasteiger partial charge in [0.2, 0.25) is 5.91 Å². The van der Waals surface area contributed by atoms with Crippen LogP contribution in [0.1, 0.15) is 130 Å². The highest BCUT2D eigenvalue weighted by atomic mass is 16.2. The van der Waals surface area contributed by atoms with E-state index in [1.807, 2.05) is 4.90 Å². The van der Waals surface area contributed by atoms with Gasteiger partial charge >= 0.3 is 0 Å². The Bertz CT molecular complexity index is 299. The fraction of sp³-hybridized carbons (Fsp3) is 0.958. The molecule has 0 saturated carbocycles. The zero-order valence-electron chi connectivity index (χ0n) is 18.7. The molecule has 26 heavy (non-hydrogen) atoms. The Hall–Kier alpha value is -0.530. The van der Waals surface area contributed by atoms with Crippen LogP contribution in [0.2, 0.25) is 0 Å². The summed E-state index contributed by atoms with van der Waals surface area (Å²) in [5.41, 5.74) is 0. The molecule has 0 spiro atoms. The summed E-state index contributed by atoms with van der Waals surface area (Å²) in [6, 6.07) is 0. The Kier molecular flexibility index (Phi) is 18.8. The maximum absolute atomic E-state index is 12.8. The molecular weight excluding hydrogens is 318 g/mol. The molecule has 0 aromatic heterocycles. The standard InChI is InChI=1S/C24H49NO/c1-5-9-11-13-14-15-16-17-18-20-22-23(21-19-12-10-6-2)24(26)25(7-3)8-4/h23H,5-22H2,1-4H3. The highest BCUT2D eigenvalue weighted by Crippen LogP contribution is 2.21. The first-order valence-electron chi connectivity index (χ1n) is 12.0. The molecule has 0 aliphatic rings. The van der Waals surface area contributed by atoms with E-state index in [4.69, 9.17) is 0 Å². The van der Waals surface area contributed by atoms with E-state index in [0.717, 1.165) is 25.9 Å². The molecule has 2 nitrogen and oxygen atoms in total. The molecule has 1 atom stereocenters. The van der Waals surface area contributed by atoms with Gasteiger partial charge < -0.3 is 4.90 Å². The Labute approximate surface area is 165 Å². The summed E-state index contributed by atoms with van der Waals surface area (Å²) in [6.45, 7) is 10.5. The van der Waals surface area contributed by atoms with Crippen molar-refractivity contribution in [1.82, 2.24) is 4.90 Å². The first-order valence-corrected chi connectivity index (χ1v) is 12.0. The second kappa shape index (κ2) is 19.2. The molecule has 0 heterocycles. The van der Waals surface area contributed by atoms with E-state index < -0.39 is 0 Å². The van der Waals surface area contributed by atoms with Crippen molar-refractivity contribution < 1.29 is 4.79 Å². The molecule has 0 fully saturated rings. The van der Waals surface area contributed by atoms with Gasteiger partial charge in [-0.2, -0.15) is 0 Å². The van der Waals surface area contributed by atoms with Gasteiger partial charge in [0, 0.05) is 19.0 Å². The predicted molar refractivity (Wildman–Crippen MR) is 117 cm³/mol. The normalized spacial score (nSPS) is 12.3. The molecule has 0 bridgehead atoms. The second-order valence-corrected chi connectivity index (χ2v) is 8.03. The monoisotopic (exact) mass is 367 g/mol. The molecule has 2 heteroatoms. The fourth-order valence-corrected chi connectivity index (χ4v) is 3.88. The van der Waals surface area contributed by atoms with Crippen LogP contribution in [0, 0.1) is 5.92 Å². The van der Waals surface area contributed by atoms with Crippen LogP contribution in [0.5, 0.6) is 0 Å². The van der Waals surface area contributed by atoms with Crippen molar-refractivity contribution >= 4 is 5.91 Å². The summed E-state index contributed by atoms with van der Waals surface area (Å²) >= 11 is 0. The Morgan fingerprint density at radius 1 is 0.577 bits per heavy atom. The maximum atomic E-state index is 12.8. The van der Waals surface area contributed by atoms with E-state index in [2.05, 4.69) is 27.7 Å². The Morgan fingerprint density at radius 2 is 0.923 bits per heavy atom. The van der Waals surface area contributed by atoms with Crippen LogP contribution in [0.15, 0.2) is 0 Å². The molecule has 1 amide bonds. The van der Waals surface area contributed by atoms with Gasteiger partial charge in [-0.05, 0) is 26.7 Å². The van der Waals surface area contributed by atoms with Crippen LogP contribution in [-0.4, -0.2) is 23.9 Å². The van der Waals surface area contributed by atoms with Crippen molar-refractivity contribution in [2.24, 2.45) is 5.92 Å². The van der Waals surface area contributed by atoms with Crippen molar-refractivity contribution in [3.05, 3.63) is 0 Å². The van der Waals surface area contributed by atoms with E-state index in [0.29, 0.717) is 5.91 Å². The van der Waals surface area contributed by atoms with Gasteiger partial charge in [-0.15, -0.1) is 0 Å². The van der Waals surface area contributed by atoms with Crippen molar-refractivity contribution in [1.29, 1.82) is 0 Å². The van der Waals surface area contributed by atoms with Crippen molar-refractivity contribution in [2.75, 3.05) is 13.1 Å². The van der Waals surface area contributed by atoms with E-state index in [9.17, 15) is 4.79 Å². The van der Waals surface area contributed by atoms with Crippen LogP contribution in [0.4, 0.5) is 0 Å². The topological polar surface area (TPSA) is 20.3 Å². The number of amides is 1. The predicted octanol–water partition coefficient (Wildman–Crippen LogP) is 7.75. The van der Waals surface area contributed by atoms with Gasteiger partial charge in [0.05, 0.1) is 0 Å². The molecule has 156 valence electrons. The van der Waals surface area contributed by atoms with Crippen LogP contribution in [0.25, 0.3) is 0 Å². The average molecular weight is 368 g/mol. The summed E-state index contributed by atoms with van der Waals surface area (Å²) in [6.07, 6.45) is 21.0. The lowest BCUT2D eigenvalue weighted by Crippen LogP contribution is -2.36. The fourth-order valence-electron chi connectivity index (χ4n) is 3.88. The average Bonchev–Trinajstić information content (AvgIpc) is 2.65. The van der Waals surface area contributed by atoms with Gasteiger partial charge in [-0.3, -0.25) is 4.79 Å². The third-order valence-electron chi connectivity index (χ3n) is 5.74. The Balaban J connectivity index is 3.96. The molecule has 0 aliphatic carbocycles. The minimum absolute atomic E-state index is 0.279. The first-order chi connectivity index (χ1) is 12.7. The zero-order valence-corrected chi connectivity index (χ0v) is 18.7. The van der Waals surface area contributed by atoms with Gasteiger partial charge in [0.1, 0.15) is 0 Å². The molecule has 0 aromatic carbocycles. The van der Waals surface area contributed by atoms with E-state index >= 15 is 0 Å². The minimum Gasteiger partial charge on any atom is -0.343 e. The summed E-state index contributed by atoms with van der Waals surface area (Å²) in [4.78, 5) is 14.8. The van der Waals surface area contributed by atoms with E-state index in [-0.39, 0.29) is 5.92 Å². The smallest absolute Gasteiger partial charge is 0.225 e. The quantitative estimate of drug-likeness (QED) is 0.214. The highest BCUT2D eigenvalue weighted by Gasteiger charge is 2.21. The third-order valence-corrected chi connectivity index (χ3v) is 5.74. The number of rotatable bonds is 19. The first kappa shape index (κ1) is 25.5. The highest BCUT2D eigenvalue weighted by molar-refractivity contribution is 5.78. The van der Waals surface area contributed by atoms with Crippen molar-refractivity contribution in [3.63, 3.8) is 0 Å². The lowest BCUT2D eigenvalue weighted by Gasteiger charge is -2.25. The molecule has 1 unspecified atom stereocenters. The SMILES string of the molecule is CCCCCCCCCCCCC(CCCCCC)C(=O)N(CC)CC. The largest absolute Gasteiger partial charge is 0.343 e. The molecule has 0 N–H and O–H groups in total. The third kappa shape index (κ3) is 13.6. The number of unbranched alkanes of at least 4 members (excludes halogenated alkanes) is 12. The van der Waals surface area contributed by atoms with Crippen molar-refractivity contribution in [3.8, 4) is 0 Å². The zero-order chi connectivity index (χ0) is 19.5.